The van der Waals surface area contributed by atoms with Crippen molar-refractivity contribution >= 4 is 0 Å². The number of nitrogens with one attached hydrogen (secondary N) is 1. The van der Waals surface area contributed by atoms with Crippen molar-refractivity contribution < 1.29 is 14.6 Å². The summed E-state index contributed by atoms with van der Waals surface area (Å²) in [6.07, 6.45) is 0.809. The molecule has 27 heavy (non-hydrogen) atoms. The van der Waals surface area contributed by atoms with Crippen LogP contribution in [-0.4, -0.2) is 18.5 Å². The Bertz CT molecular complexity index is 867. The first-order valence-electron chi connectivity index (χ1n) is 9.19. The fourth-order valence-corrected chi connectivity index (χ4v) is 3.44. The molecule has 0 fully saturated rings. The molecule has 0 amide bonds. The van der Waals surface area contributed by atoms with Gasteiger partial charge in [0, 0.05) is 6.04 Å². The first kappa shape index (κ1) is 17.6. The average Bonchev–Trinajstić information content (AvgIpc) is 3.20. The minimum atomic E-state index is -0.148. The predicted molar refractivity (Wildman–Crippen MR) is 105 cm³/mol. The summed E-state index contributed by atoms with van der Waals surface area (Å²) in [4.78, 5) is 0. The van der Waals surface area contributed by atoms with E-state index in [2.05, 4.69) is 23.5 Å². The molecule has 0 aromatic heterocycles. The maximum absolute atomic E-state index is 9.99. The van der Waals surface area contributed by atoms with Crippen molar-refractivity contribution in [1.82, 2.24) is 5.32 Å². The largest absolute Gasteiger partial charge is 0.454 e. The molecule has 4 rings (SSSR count). The molecular formula is C23H23NO3. The number of hydrogen-bond acceptors (Lipinski definition) is 4. The molecule has 4 heteroatoms. The zero-order chi connectivity index (χ0) is 18.5. The van der Waals surface area contributed by atoms with Crippen LogP contribution in [0.2, 0.25) is 0 Å². The van der Waals surface area contributed by atoms with Crippen molar-refractivity contribution in [1.29, 1.82) is 0 Å². The summed E-state index contributed by atoms with van der Waals surface area (Å²) in [6.45, 7) is 0.290. The lowest BCUT2D eigenvalue weighted by Crippen LogP contribution is -2.30. The number of benzene rings is 3. The van der Waals surface area contributed by atoms with Crippen molar-refractivity contribution in [3.8, 4) is 11.5 Å². The van der Waals surface area contributed by atoms with E-state index in [0.717, 1.165) is 29.0 Å². The van der Waals surface area contributed by atoms with Gasteiger partial charge in [-0.2, -0.15) is 0 Å². The van der Waals surface area contributed by atoms with E-state index in [-0.39, 0.29) is 25.5 Å². The molecule has 3 aromatic carbocycles. The lowest BCUT2D eigenvalue weighted by Gasteiger charge is -2.26. The molecule has 138 valence electrons. The van der Waals surface area contributed by atoms with E-state index in [4.69, 9.17) is 9.47 Å². The van der Waals surface area contributed by atoms with Crippen LogP contribution in [-0.2, 0) is 6.42 Å². The van der Waals surface area contributed by atoms with Crippen LogP contribution in [0.15, 0.2) is 78.9 Å². The fourth-order valence-electron chi connectivity index (χ4n) is 3.44. The Labute approximate surface area is 159 Å². The Morgan fingerprint density at radius 3 is 2.22 bits per heavy atom. The van der Waals surface area contributed by atoms with Gasteiger partial charge in [0.1, 0.15) is 0 Å². The van der Waals surface area contributed by atoms with Gasteiger partial charge in [0.2, 0.25) is 6.79 Å². The van der Waals surface area contributed by atoms with E-state index in [0.29, 0.717) is 0 Å². The molecular weight excluding hydrogens is 338 g/mol. The highest BCUT2D eigenvalue weighted by Gasteiger charge is 2.21. The van der Waals surface area contributed by atoms with Crippen molar-refractivity contribution in [2.24, 2.45) is 0 Å². The maximum Gasteiger partial charge on any atom is 0.231 e. The van der Waals surface area contributed by atoms with Gasteiger partial charge >= 0.3 is 0 Å². The number of aliphatic hydroxyl groups excluding tert-OH is 1. The highest BCUT2D eigenvalue weighted by molar-refractivity contribution is 5.45. The van der Waals surface area contributed by atoms with E-state index < -0.39 is 0 Å². The van der Waals surface area contributed by atoms with Crippen molar-refractivity contribution in [2.45, 2.75) is 18.5 Å². The van der Waals surface area contributed by atoms with Crippen LogP contribution >= 0.6 is 0 Å². The van der Waals surface area contributed by atoms with Gasteiger partial charge < -0.3 is 19.9 Å². The Hall–Kier alpha value is -2.82. The lowest BCUT2D eigenvalue weighted by molar-refractivity contribution is 0.174. The van der Waals surface area contributed by atoms with Crippen LogP contribution in [0.25, 0.3) is 0 Å². The summed E-state index contributed by atoms with van der Waals surface area (Å²) in [7, 11) is 0. The third kappa shape index (κ3) is 4.13. The van der Waals surface area contributed by atoms with E-state index in [1.54, 1.807) is 0 Å². The Kier molecular flexibility index (Phi) is 5.37. The van der Waals surface area contributed by atoms with Crippen LogP contribution in [0.1, 0.15) is 28.8 Å². The van der Waals surface area contributed by atoms with Gasteiger partial charge in [-0.1, -0.05) is 66.7 Å². The molecule has 1 heterocycles. The molecule has 1 aliphatic rings. The summed E-state index contributed by atoms with van der Waals surface area (Å²) in [5.41, 5.74) is 3.41. The van der Waals surface area contributed by atoms with E-state index in [9.17, 15) is 5.11 Å². The predicted octanol–water partition coefficient (Wildman–Crippen LogP) is 4.02. The molecule has 0 spiro atoms. The van der Waals surface area contributed by atoms with Crippen LogP contribution in [0.3, 0.4) is 0 Å². The van der Waals surface area contributed by atoms with E-state index in [1.165, 1.54) is 5.56 Å². The van der Waals surface area contributed by atoms with Crippen molar-refractivity contribution in [2.75, 3.05) is 13.4 Å². The fraction of sp³-hybridized carbons (Fsp3) is 0.217. The number of hydrogen-bond donors (Lipinski definition) is 2. The first-order chi connectivity index (χ1) is 13.3. The third-order valence-electron chi connectivity index (χ3n) is 4.87. The number of fused-ring (bicyclic) bond motifs is 1. The smallest absolute Gasteiger partial charge is 0.231 e. The molecule has 0 saturated heterocycles. The maximum atomic E-state index is 9.99. The number of ether oxygens (including phenoxy) is 2. The van der Waals surface area contributed by atoms with Gasteiger partial charge in [-0.25, -0.2) is 0 Å². The highest BCUT2D eigenvalue weighted by atomic mass is 16.7. The minimum absolute atomic E-state index is 0.0271. The SMILES string of the molecule is OC[C@H](N[C@@H](Cc1ccccc1)c1ccc2c(c1)OCO2)c1ccccc1. The van der Waals surface area contributed by atoms with Crippen molar-refractivity contribution in [3.05, 3.63) is 95.6 Å². The Balaban J connectivity index is 1.63. The first-order valence-corrected chi connectivity index (χ1v) is 9.19. The van der Waals surface area contributed by atoms with Crippen molar-refractivity contribution in [3.63, 3.8) is 0 Å². The van der Waals surface area contributed by atoms with Crippen LogP contribution in [0, 0.1) is 0 Å². The van der Waals surface area contributed by atoms with Gasteiger partial charge in [0.05, 0.1) is 12.6 Å². The highest BCUT2D eigenvalue weighted by Crippen LogP contribution is 2.35. The summed E-state index contributed by atoms with van der Waals surface area (Å²) in [5, 5.41) is 13.6. The molecule has 0 bridgehead atoms. The number of aliphatic hydroxyl groups is 1. The quantitative estimate of drug-likeness (QED) is 0.667. The summed E-state index contributed by atoms with van der Waals surface area (Å²) >= 11 is 0. The second kappa shape index (κ2) is 8.25. The van der Waals surface area contributed by atoms with Gasteiger partial charge in [0.25, 0.3) is 0 Å². The Morgan fingerprint density at radius 1 is 0.778 bits per heavy atom. The van der Waals surface area contributed by atoms with Gasteiger partial charge in [-0.3, -0.25) is 0 Å². The summed E-state index contributed by atoms with van der Waals surface area (Å²) in [6, 6.07) is 26.3. The summed E-state index contributed by atoms with van der Waals surface area (Å²) < 4.78 is 11.0. The monoisotopic (exact) mass is 361 g/mol. The molecule has 4 nitrogen and oxygen atoms in total. The molecule has 0 radical (unpaired) electrons. The van der Waals surface area contributed by atoms with Crippen LogP contribution in [0.4, 0.5) is 0 Å². The molecule has 0 unspecified atom stereocenters. The molecule has 0 aliphatic carbocycles. The van der Waals surface area contributed by atoms with Crippen LogP contribution in [0.5, 0.6) is 11.5 Å². The van der Waals surface area contributed by atoms with Gasteiger partial charge in [0.15, 0.2) is 11.5 Å². The van der Waals surface area contributed by atoms with Gasteiger partial charge in [-0.05, 0) is 35.2 Å². The van der Waals surface area contributed by atoms with Crippen LogP contribution < -0.4 is 14.8 Å². The second-order valence-electron chi connectivity index (χ2n) is 6.67. The molecule has 1 aliphatic heterocycles. The normalized spacial score (nSPS) is 14.7. The lowest BCUT2D eigenvalue weighted by atomic mass is 9.96. The zero-order valence-corrected chi connectivity index (χ0v) is 15.0. The third-order valence-corrected chi connectivity index (χ3v) is 4.87. The zero-order valence-electron chi connectivity index (χ0n) is 15.0. The molecule has 0 saturated carbocycles. The number of rotatable bonds is 7. The summed E-state index contributed by atoms with van der Waals surface area (Å²) in [5.74, 6) is 1.55. The van der Waals surface area contributed by atoms with E-state index in [1.807, 2.05) is 60.7 Å². The Morgan fingerprint density at radius 2 is 1.48 bits per heavy atom. The van der Waals surface area contributed by atoms with E-state index >= 15 is 0 Å². The molecule has 3 aromatic rings. The standard InChI is InChI=1S/C23H23NO3/c25-15-21(18-9-5-2-6-10-18)24-20(13-17-7-3-1-4-8-17)19-11-12-22-23(14-19)27-16-26-22/h1-12,14,20-21,24-25H,13,15-16H2/t20-,21-/m0/s1. The average molecular weight is 361 g/mol. The minimum Gasteiger partial charge on any atom is -0.454 e. The van der Waals surface area contributed by atoms with Gasteiger partial charge in [-0.15, -0.1) is 0 Å². The second-order valence-corrected chi connectivity index (χ2v) is 6.67. The molecule has 2 N–H and O–H groups in total. The molecule has 2 atom stereocenters. The topological polar surface area (TPSA) is 50.7 Å².